The van der Waals surface area contributed by atoms with Gasteiger partial charge in [-0.3, -0.25) is 9.69 Å². The van der Waals surface area contributed by atoms with Gasteiger partial charge in [0.1, 0.15) is 5.75 Å². The van der Waals surface area contributed by atoms with Crippen LogP contribution in [-0.4, -0.2) is 67.3 Å². The van der Waals surface area contributed by atoms with Gasteiger partial charge in [0.15, 0.2) is 0 Å². The van der Waals surface area contributed by atoms with E-state index in [0.717, 1.165) is 44.0 Å². The molecule has 1 aromatic heterocycles. The summed E-state index contributed by atoms with van der Waals surface area (Å²) in [5.74, 6) is 1.95. The van der Waals surface area contributed by atoms with E-state index in [4.69, 9.17) is 9.26 Å². The number of nitrogens with one attached hydrogen (secondary N) is 2. The first-order valence-electron chi connectivity index (χ1n) is 9.41. The summed E-state index contributed by atoms with van der Waals surface area (Å²) in [5.41, 5.74) is 0.872. The molecule has 1 fully saturated rings. The number of methoxy groups -OCH3 is 1. The quantitative estimate of drug-likeness (QED) is 0.680. The second kappa shape index (κ2) is 10.0. The summed E-state index contributed by atoms with van der Waals surface area (Å²) in [6.07, 6.45) is 1.74. The minimum absolute atomic E-state index is 0.0695. The molecule has 27 heavy (non-hydrogen) atoms. The molecular weight excluding hydrogens is 346 g/mol. The smallest absolute Gasteiger partial charge is 0.226 e. The Kier molecular flexibility index (Phi) is 7.18. The van der Waals surface area contributed by atoms with Gasteiger partial charge < -0.3 is 19.9 Å². The van der Waals surface area contributed by atoms with Crippen molar-refractivity contribution in [3.05, 3.63) is 30.2 Å². The summed E-state index contributed by atoms with van der Waals surface area (Å²) in [7, 11) is 1.63. The number of aromatic nitrogens is 2. The number of hydrogen-bond acceptors (Lipinski definition) is 7. The Balaban J connectivity index is 1.35. The second-order valence-corrected chi connectivity index (χ2v) is 6.54. The molecule has 1 aliphatic rings. The number of ether oxygens (including phenoxy) is 1. The third-order valence-electron chi connectivity index (χ3n) is 4.57. The molecule has 0 aliphatic carbocycles. The number of hydrogen-bond donors (Lipinski definition) is 2. The van der Waals surface area contributed by atoms with E-state index in [1.807, 2.05) is 24.3 Å². The van der Waals surface area contributed by atoms with Crippen molar-refractivity contribution in [2.45, 2.75) is 19.3 Å². The number of nitrogens with zero attached hydrogens (tertiary/aromatic N) is 3. The van der Waals surface area contributed by atoms with Crippen LogP contribution < -0.4 is 15.4 Å². The molecule has 2 aromatic rings. The molecule has 2 heterocycles. The molecule has 2 N–H and O–H groups in total. The maximum atomic E-state index is 11.9. The van der Waals surface area contributed by atoms with Crippen LogP contribution in [0.25, 0.3) is 11.4 Å². The summed E-state index contributed by atoms with van der Waals surface area (Å²) in [6, 6.07) is 7.49. The maximum absolute atomic E-state index is 11.9. The Morgan fingerprint density at radius 3 is 2.81 bits per heavy atom. The number of aryl methyl sites for hydroxylation is 1. The van der Waals surface area contributed by atoms with Gasteiger partial charge in [-0.25, -0.2) is 0 Å². The van der Waals surface area contributed by atoms with Crippen molar-refractivity contribution in [1.82, 2.24) is 25.7 Å². The SMILES string of the molecule is COc1ccc(-c2noc(CCCC(=O)NCCN3CCNCC3)n2)cc1. The van der Waals surface area contributed by atoms with Crippen molar-refractivity contribution < 1.29 is 14.1 Å². The van der Waals surface area contributed by atoms with Gasteiger partial charge in [0.25, 0.3) is 0 Å². The van der Waals surface area contributed by atoms with E-state index in [1.165, 1.54) is 0 Å². The Morgan fingerprint density at radius 2 is 2.07 bits per heavy atom. The van der Waals surface area contributed by atoms with Gasteiger partial charge in [-0.1, -0.05) is 5.16 Å². The molecular formula is C19H27N5O3. The van der Waals surface area contributed by atoms with Gasteiger partial charge in [-0.2, -0.15) is 4.98 Å². The Hall–Kier alpha value is -2.45. The summed E-state index contributed by atoms with van der Waals surface area (Å²) in [4.78, 5) is 18.7. The highest BCUT2D eigenvalue weighted by molar-refractivity contribution is 5.75. The van der Waals surface area contributed by atoms with Crippen LogP contribution >= 0.6 is 0 Å². The Bertz CT molecular complexity index is 710. The highest BCUT2D eigenvalue weighted by Crippen LogP contribution is 2.20. The van der Waals surface area contributed by atoms with E-state index in [-0.39, 0.29) is 5.91 Å². The van der Waals surface area contributed by atoms with Crippen molar-refractivity contribution >= 4 is 5.91 Å². The van der Waals surface area contributed by atoms with Crippen LogP contribution in [0.1, 0.15) is 18.7 Å². The molecule has 8 nitrogen and oxygen atoms in total. The van der Waals surface area contributed by atoms with Crippen LogP contribution in [0.3, 0.4) is 0 Å². The second-order valence-electron chi connectivity index (χ2n) is 6.54. The molecule has 146 valence electrons. The van der Waals surface area contributed by atoms with Crippen LogP contribution in [0, 0.1) is 0 Å². The van der Waals surface area contributed by atoms with E-state index in [0.29, 0.717) is 37.5 Å². The van der Waals surface area contributed by atoms with E-state index < -0.39 is 0 Å². The van der Waals surface area contributed by atoms with Crippen molar-refractivity contribution in [2.75, 3.05) is 46.4 Å². The lowest BCUT2D eigenvalue weighted by Gasteiger charge is -2.27. The zero-order valence-corrected chi connectivity index (χ0v) is 15.7. The normalized spacial score (nSPS) is 14.9. The molecule has 8 heteroatoms. The predicted octanol–water partition coefficient (Wildman–Crippen LogP) is 1.09. The molecule has 1 amide bonds. The van der Waals surface area contributed by atoms with Gasteiger partial charge >= 0.3 is 0 Å². The van der Waals surface area contributed by atoms with Crippen LogP contribution in [0.4, 0.5) is 0 Å². The number of piperazine rings is 1. The average molecular weight is 373 g/mol. The maximum Gasteiger partial charge on any atom is 0.226 e. The Morgan fingerprint density at radius 1 is 1.30 bits per heavy atom. The summed E-state index contributed by atoms with van der Waals surface area (Å²) < 4.78 is 10.4. The van der Waals surface area contributed by atoms with Crippen molar-refractivity contribution in [3.63, 3.8) is 0 Å². The van der Waals surface area contributed by atoms with Crippen LogP contribution in [0.2, 0.25) is 0 Å². The molecule has 0 saturated carbocycles. The summed E-state index contributed by atoms with van der Waals surface area (Å²) in [6.45, 7) is 5.74. The zero-order chi connectivity index (χ0) is 18.9. The number of benzene rings is 1. The van der Waals surface area contributed by atoms with Gasteiger partial charge in [-0.05, 0) is 30.7 Å². The third-order valence-corrected chi connectivity index (χ3v) is 4.57. The van der Waals surface area contributed by atoms with Gasteiger partial charge in [0.05, 0.1) is 7.11 Å². The van der Waals surface area contributed by atoms with Crippen LogP contribution in [0.15, 0.2) is 28.8 Å². The fourth-order valence-corrected chi connectivity index (χ4v) is 2.99. The minimum atomic E-state index is 0.0695. The monoisotopic (exact) mass is 373 g/mol. The predicted molar refractivity (Wildman–Crippen MR) is 102 cm³/mol. The fourth-order valence-electron chi connectivity index (χ4n) is 2.99. The lowest BCUT2D eigenvalue weighted by Crippen LogP contribution is -2.46. The third kappa shape index (κ3) is 6.04. The largest absolute Gasteiger partial charge is 0.497 e. The molecule has 1 saturated heterocycles. The van der Waals surface area contributed by atoms with E-state index in [1.54, 1.807) is 7.11 Å². The topological polar surface area (TPSA) is 92.5 Å². The molecule has 1 aromatic carbocycles. The first-order valence-corrected chi connectivity index (χ1v) is 9.41. The van der Waals surface area contributed by atoms with Crippen LogP contribution in [-0.2, 0) is 11.2 Å². The summed E-state index contributed by atoms with van der Waals surface area (Å²) >= 11 is 0. The molecule has 0 spiro atoms. The molecule has 3 rings (SSSR count). The number of amides is 1. The zero-order valence-electron chi connectivity index (χ0n) is 15.7. The van der Waals surface area contributed by atoms with Crippen molar-refractivity contribution in [1.29, 1.82) is 0 Å². The average Bonchev–Trinajstić information content (AvgIpc) is 3.18. The van der Waals surface area contributed by atoms with Crippen LogP contribution in [0.5, 0.6) is 5.75 Å². The minimum Gasteiger partial charge on any atom is -0.497 e. The highest BCUT2D eigenvalue weighted by Gasteiger charge is 2.11. The first-order chi connectivity index (χ1) is 13.2. The van der Waals surface area contributed by atoms with E-state index in [2.05, 4.69) is 25.7 Å². The molecule has 0 bridgehead atoms. The number of rotatable bonds is 9. The van der Waals surface area contributed by atoms with Gasteiger partial charge in [0, 0.05) is 57.7 Å². The van der Waals surface area contributed by atoms with E-state index >= 15 is 0 Å². The number of carbonyl (C=O) groups excluding carboxylic acids is 1. The van der Waals surface area contributed by atoms with Crippen molar-refractivity contribution in [2.24, 2.45) is 0 Å². The van der Waals surface area contributed by atoms with E-state index in [9.17, 15) is 4.79 Å². The standard InChI is InChI=1S/C19H27N5O3/c1-26-16-7-5-15(6-8-16)19-22-18(27-23-19)4-2-3-17(25)21-11-14-24-12-9-20-10-13-24/h5-8,20H,2-4,9-14H2,1H3,(H,21,25). The molecule has 1 aliphatic heterocycles. The molecule has 0 unspecified atom stereocenters. The molecule has 0 atom stereocenters. The number of carbonyl (C=O) groups is 1. The lowest BCUT2D eigenvalue weighted by atomic mass is 10.2. The molecule has 0 radical (unpaired) electrons. The highest BCUT2D eigenvalue weighted by atomic mass is 16.5. The lowest BCUT2D eigenvalue weighted by molar-refractivity contribution is -0.121. The summed E-state index contributed by atoms with van der Waals surface area (Å²) in [5, 5.41) is 10.3. The fraction of sp³-hybridized carbons (Fsp3) is 0.526. The van der Waals surface area contributed by atoms with Gasteiger partial charge in [-0.15, -0.1) is 0 Å². The van der Waals surface area contributed by atoms with Crippen molar-refractivity contribution in [3.8, 4) is 17.1 Å². The first kappa shape index (κ1) is 19.3. The Labute approximate surface area is 159 Å². The van der Waals surface area contributed by atoms with Gasteiger partial charge in [0.2, 0.25) is 17.6 Å².